The minimum Gasteiger partial charge on any atom is -0.493 e. The van der Waals surface area contributed by atoms with Crippen LogP contribution in [0.3, 0.4) is 0 Å². The minimum atomic E-state index is -0.904. The first kappa shape index (κ1) is 40.7. The molecule has 0 radical (unpaired) electrons. The van der Waals surface area contributed by atoms with Gasteiger partial charge in [0.1, 0.15) is 6.61 Å². The standard InChI is InChI=1S/C40H48N6O11/c1-5-19-56-40(51)46-29-23-31(30(52-3)22-27(29)37(49)45-18-8-6-11-28(45)38(46)57-34-13-7-9-20-55-34)54-21-10-12-33(47)42-32-24-44(2)35(43-32)36(48)41-26-16-14-25(15-17-26)39(50)53-4/h5,14-17,22-24,28,34,38H,1,6-13,18-21H2,2-4H3,(H,41,48)(H,42,47)/t28-,34?,38?/m0/s1. The number of amides is 4. The lowest BCUT2D eigenvalue weighted by molar-refractivity contribution is -0.198. The number of methoxy groups -OCH3 is 2. The van der Waals surface area contributed by atoms with Gasteiger partial charge in [0.2, 0.25) is 11.7 Å². The quantitative estimate of drug-likeness (QED) is 0.123. The van der Waals surface area contributed by atoms with Gasteiger partial charge in [0, 0.05) is 44.6 Å². The molecule has 0 aliphatic carbocycles. The van der Waals surface area contributed by atoms with Gasteiger partial charge in [0.25, 0.3) is 11.8 Å². The van der Waals surface area contributed by atoms with E-state index in [4.69, 9.17) is 28.4 Å². The molecule has 3 aliphatic heterocycles. The molecule has 3 aromatic rings. The maximum Gasteiger partial charge on any atom is 0.416 e. The number of rotatable bonds is 14. The van der Waals surface area contributed by atoms with Crippen molar-refractivity contribution in [1.29, 1.82) is 0 Å². The number of carbonyl (C=O) groups is 5. The van der Waals surface area contributed by atoms with E-state index in [-0.39, 0.29) is 72.3 Å². The monoisotopic (exact) mass is 788 g/mol. The number of aromatic nitrogens is 2. The summed E-state index contributed by atoms with van der Waals surface area (Å²) in [6.45, 7) is 4.72. The maximum absolute atomic E-state index is 14.2. The zero-order valence-electron chi connectivity index (χ0n) is 32.3. The Morgan fingerprint density at radius 3 is 2.53 bits per heavy atom. The van der Waals surface area contributed by atoms with Crippen molar-refractivity contribution < 1.29 is 52.4 Å². The fourth-order valence-corrected chi connectivity index (χ4v) is 7.04. The molecule has 4 heterocycles. The normalized spacial score (nSPS) is 19.0. The van der Waals surface area contributed by atoms with Crippen molar-refractivity contribution >= 4 is 47.0 Å². The van der Waals surface area contributed by atoms with E-state index in [0.29, 0.717) is 37.2 Å². The number of nitrogens with one attached hydrogen (secondary N) is 2. The molecule has 2 aromatic carbocycles. The highest BCUT2D eigenvalue weighted by molar-refractivity contribution is 6.06. The van der Waals surface area contributed by atoms with Crippen molar-refractivity contribution in [1.82, 2.24) is 14.5 Å². The third kappa shape index (κ3) is 9.55. The molecule has 17 heteroatoms. The molecule has 0 spiro atoms. The zero-order chi connectivity index (χ0) is 40.5. The van der Waals surface area contributed by atoms with Crippen LogP contribution in [-0.4, -0.2) is 103 Å². The average molecular weight is 789 g/mol. The number of imidazole rings is 1. The molecule has 57 heavy (non-hydrogen) atoms. The number of anilines is 3. The van der Waals surface area contributed by atoms with E-state index in [0.717, 1.165) is 25.7 Å². The number of hydrogen-bond donors (Lipinski definition) is 2. The molecule has 2 fully saturated rings. The van der Waals surface area contributed by atoms with Gasteiger partial charge in [-0.25, -0.2) is 19.5 Å². The predicted molar refractivity (Wildman–Crippen MR) is 206 cm³/mol. The maximum atomic E-state index is 14.2. The van der Waals surface area contributed by atoms with Gasteiger partial charge in [0.15, 0.2) is 29.8 Å². The molecule has 2 unspecified atom stereocenters. The average Bonchev–Trinajstić information content (AvgIpc) is 3.56. The number of fused-ring (bicyclic) bond motifs is 2. The fraction of sp³-hybridized carbons (Fsp3) is 0.450. The molecule has 3 atom stereocenters. The van der Waals surface area contributed by atoms with E-state index in [9.17, 15) is 24.0 Å². The molecule has 0 bridgehead atoms. The van der Waals surface area contributed by atoms with Crippen molar-refractivity contribution in [2.75, 3.05) is 56.1 Å². The van der Waals surface area contributed by atoms with Crippen LogP contribution in [0.5, 0.6) is 11.5 Å². The van der Waals surface area contributed by atoms with Gasteiger partial charge in [0.05, 0.1) is 43.7 Å². The Morgan fingerprint density at radius 2 is 1.81 bits per heavy atom. The number of esters is 1. The van der Waals surface area contributed by atoms with Crippen molar-refractivity contribution in [3.05, 3.63) is 72.2 Å². The largest absolute Gasteiger partial charge is 0.493 e. The number of nitrogens with zero attached hydrogens (tertiary/aromatic N) is 4. The van der Waals surface area contributed by atoms with Gasteiger partial charge < -0.3 is 48.5 Å². The molecule has 17 nitrogen and oxygen atoms in total. The molecular weight excluding hydrogens is 740 g/mol. The van der Waals surface area contributed by atoms with E-state index in [1.807, 2.05) is 0 Å². The third-order valence-corrected chi connectivity index (χ3v) is 9.83. The first-order chi connectivity index (χ1) is 27.6. The molecule has 2 N–H and O–H groups in total. The highest BCUT2D eigenvalue weighted by Crippen LogP contribution is 2.42. The number of benzene rings is 2. The number of aryl methyl sites for hydroxylation is 1. The topological polar surface area (TPSA) is 189 Å². The summed E-state index contributed by atoms with van der Waals surface area (Å²) in [4.78, 5) is 73.0. The summed E-state index contributed by atoms with van der Waals surface area (Å²) in [6, 6.07) is 8.86. The predicted octanol–water partition coefficient (Wildman–Crippen LogP) is 5.27. The Bertz CT molecular complexity index is 1960. The summed E-state index contributed by atoms with van der Waals surface area (Å²) in [5.74, 6) is -0.884. The summed E-state index contributed by atoms with van der Waals surface area (Å²) in [5, 5.41) is 5.42. The van der Waals surface area contributed by atoms with Crippen LogP contribution in [0.25, 0.3) is 0 Å². The number of carbonyl (C=O) groups excluding carboxylic acids is 5. The summed E-state index contributed by atoms with van der Waals surface area (Å²) in [6.07, 6.45) is 5.87. The molecule has 304 valence electrons. The van der Waals surface area contributed by atoms with Gasteiger partial charge in [-0.1, -0.05) is 12.7 Å². The third-order valence-electron chi connectivity index (χ3n) is 9.83. The molecule has 6 rings (SSSR count). The molecule has 0 saturated carbocycles. The number of hydrogen-bond acceptors (Lipinski definition) is 12. The second-order valence-corrected chi connectivity index (χ2v) is 13.7. The van der Waals surface area contributed by atoms with Crippen LogP contribution in [0.15, 0.2) is 55.3 Å². The van der Waals surface area contributed by atoms with Crippen LogP contribution >= 0.6 is 0 Å². The number of piperidine rings is 1. The van der Waals surface area contributed by atoms with Gasteiger partial charge in [-0.05, 0) is 75.3 Å². The SMILES string of the molecule is C=CCOC(=O)N1c2cc(OCCCC(=O)Nc3cn(C)c(C(=O)Nc4ccc(C(=O)OC)cc4)n3)c(OC)cc2C(=O)N2CCCC[C@H]2C1OC1CCCCO1. The van der Waals surface area contributed by atoms with Crippen molar-refractivity contribution in [3.8, 4) is 11.5 Å². The summed E-state index contributed by atoms with van der Waals surface area (Å²) in [5.41, 5.74) is 1.25. The van der Waals surface area contributed by atoms with Crippen LogP contribution < -0.4 is 25.0 Å². The Hall–Kier alpha value is -5.94. The smallest absolute Gasteiger partial charge is 0.416 e. The second-order valence-electron chi connectivity index (χ2n) is 13.7. The lowest BCUT2D eigenvalue weighted by Gasteiger charge is -2.42. The second kappa shape index (κ2) is 18.8. The molecule has 2 saturated heterocycles. The lowest BCUT2D eigenvalue weighted by Crippen LogP contribution is -2.57. The molecule has 1 aromatic heterocycles. The first-order valence-corrected chi connectivity index (χ1v) is 18.9. The van der Waals surface area contributed by atoms with Gasteiger partial charge in [-0.15, -0.1) is 0 Å². The van der Waals surface area contributed by atoms with Gasteiger partial charge >= 0.3 is 12.1 Å². The summed E-state index contributed by atoms with van der Waals surface area (Å²) >= 11 is 0. The zero-order valence-corrected chi connectivity index (χ0v) is 32.3. The van der Waals surface area contributed by atoms with Crippen molar-refractivity contribution in [2.24, 2.45) is 7.05 Å². The van der Waals surface area contributed by atoms with Gasteiger partial charge in [-0.3, -0.25) is 14.4 Å². The van der Waals surface area contributed by atoms with E-state index >= 15 is 0 Å². The number of ether oxygens (including phenoxy) is 6. The van der Waals surface area contributed by atoms with E-state index in [2.05, 4.69) is 22.2 Å². The van der Waals surface area contributed by atoms with Crippen molar-refractivity contribution in [3.63, 3.8) is 0 Å². The lowest BCUT2D eigenvalue weighted by atomic mass is 10.00. The van der Waals surface area contributed by atoms with Crippen molar-refractivity contribution in [2.45, 2.75) is 69.9 Å². The molecule has 3 aliphatic rings. The van der Waals surface area contributed by atoms with E-state index in [1.54, 1.807) is 36.2 Å². The highest BCUT2D eigenvalue weighted by Gasteiger charge is 2.47. The summed E-state index contributed by atoms with van der Waals surface area (Å²) < 4.78 is 36.0. The Balaban J connectivity index is 1.13. The Kier molecular flexibility index (Phi) is 13.4. The van der Waals surface area contributed by atoms with E-state index < -0.39 is 36.5 Å². The van der Waals surface area contributed by atoms with Crippen LogP contribution in [0.2, 0.25) is 0 Å². The summed E-state index contributed by atoms with van der Waals surface area (Å²) in [7, 11) is 4.36. The highest BCUT2D eigenvalue weighted by atomic mass is 16.7. The Morgan fingerprint density at radius 1 is 1.02 bits per heavy atom. The van der Waals surface area contributed by atoms with Crippen LogP contribution in [0.4, 0.5) is 22.0 Å². The Labute approximate surface area is 330 Å². The molecular formula is C40H48N6O11. The first-order valence-electron chi connectivity index (χ1n) is 18.9. The van der Waals surface area contributed by atoms with Crippen LogP contribution in [0.1, 0.15) is 82.7 Å². The fourth-order valence-electron chi connectivity index (χ4n) is 7.04. The van der Waals surface area contributed by atoms with Crippen LogP contribution in [0, 0.1) is 0 Å². The van der Waals surface area contributed by atoms with E-state index in [1.165, 1.54) is 48.1 Å². The van der Waals surface area contributed by atoms with Crippen LogP contribution in [-0.2, 0) is 30.8 Å². The molecule has 4 amide bonds. The van der Waals surface area contributed by atoms with Gasteiger partial charge in [-0.2, -0.15) is 0 Å². The minimum absolute atomic E-state index is 0.0460.